The molecule has 0 spiro atoms. The molecule has 2 unspecified atom stereocenters. The second kappa shape index (κ2) is 11.4. The maximum Gasteiger partial charge on any atom is 0.314 e. The predicted molar refractivity (Wildman–Crippen MR) is 133 cm³/mol. The lowest BCUT2D eigenvalue weighted by Crippen LogP contribution is -2.18. The number of methoxy groups -OCH3 is 1. The summed E-state index contributed by atoms with van der Waals surface area (Å²) in [7, 11) is 1.62. The van der Waals surface area contributed by atoms with Crippen molar-refractivity contribution >= 4 is 22.7 Å². The number of esters is 2. The summed E-state index contributed by atoms with van der Waals surface area (Å²) in [4.78, 5) is 24.9. The fraction of sp³-hybridized carbons (Fsp3) is 0.310. The fourth-order valence-electron chi connectivity index (χ4n) is 3.12. The van der Waals surface area contributed by atoms with Crippen molar-refractivity contribution in [2.45, 2.75) is 40.5 Å². The molecule has 5 nitrogen and oxygen atoms in total. The maximum absolute atomic E-state index is 12.5. The van der Waals surface area contributed by atoms with Crippen molar-refractivity contribution < 1.29 is 23.8 Å². The number of carbonyl (C=O) groups excluding carboxylic acids is 2. The lowest BCUT2D eigenvalue weighted by molar-refractivity contribution is -0.139. The molecule has 3 rings (SSSR count). The Labute approximate surface area is 201 Å². The molecule has 0 amide bonds. The summed E-state index contributed by atoms with van der Waals surface area (Å²) in [5, 5.41) is 1.34. The Hall–Kier alpha value is -3.78. The molecule has 0 N–H and O–H groups in total. The van der Waals surface area contributed by atoms with E-state index in [-0.39, 0.29) is 23.8 Å². The van der Waals surface area contributed by atoms with E-state index in [1.54, 1.807) is 19.2 Å². The van der Waals surface area contributed by atoms with Crippen LogP contribution in [0.3, 0.4) is 0 Å². The monoisotopic (exact) mass is 458 g/mol. The molecule has 176 valence electrons. The van der Waals surface area contributed by atoms with Gasteiger partial charge in [0.2, 0.25) is 0 Å². The second-order valence-corrected chi connectivity index (χ2v) is 8.26. The van der Waals surface area contributed by atoms with E-state index in [4.69, 9.17) is 14.2 Å². The van der Waals surface area contributed by atoms with Gasteiger partial charge in [0.05, 0.1) is 18.9 Å². The molecule has 0 saturated heterocycles. The number of hydrogen-bond donors (Lipinski definition) is 0. The Morgan fingerprint density at radius 2 is 1.24 bits per heavy atom. The number of fused-ring (bicyclic) bond motifs is 1. The molecular weight excluding hydrogens is 428 g/mol. The van der Waals surface area contributed by atoms with Crippen LogP contribution in [0.1, 0.15) is 51.7 Å². The summed E-state index contributed by atoms with van der Waals surface area (Å²) in [5.41, 5.74) is 1.59. The largest absolute Gasteiger partial charge is 0.497 e. The van der Waals surface area contributed by atoms with Gasteiger partial charge in [-0.05, 0) is 67.4 Å². The zero-order valence-corrected chi connectivity index (χ0v) is 20.3. The van der Waals surface area contributed by atoms with Crippen molar-refractivity contribution in [2.24, 2.45) is 11.8 Å². The summed E-state index contributed by atoms with van der Waals surface area (Å²) in [6.45, 7) is 7.54. The molecule has 0 aromatic heterocycles. The van der Waals surface area contributed by atoms with Gasteiger partial charge in [0.1, 0.15) is 17.2 Å². The third-order valence-corrected chi connectivity index (χ3v) is 5.83. The zero-order valence-electron chi connectivity index (χ0n) is 20.3. The lowest BCUT2D eigenvalue weighted by Gasteiger charge is -2.15. The summed E-state index contributed by atoms with van der Waals surface area (Å²) in [6.07, 6.45) is 1.37. The Balaban J connectivity index is 2.02. The molecule has 0 heterocycles. The molecule has 34 heavy (non-hydrogen) atoms. The van der Waals surface area contributed by atoms with Crippen LogP contribution in [0.5, 0.6) is 17.2 Å². The van der Waals surface area contributed by atoms with Gasteiger partial charge in [0.25, 0.3) is 0 Å². The van der Waals surface area contributed by atoms with Gasteiger partial charge < -0.3 is 14.2 Å². The average molecular weight is 459 g/mol. The average Bonchev–Trinajstić information content (AvgIpc) is 2.87. The molecule has 5 heteroatoms. The Bertz CT molecular complexity index is 1230. The molecule has 0 aliphatic heterocycles. The molecule has 0 aliphatic rings. The van der Waals surface area contributed by atoms with Crippen LogP contribution in [0, 0.1) is 23.7 Å². The number of ether oxygens (including phenoxy) is 3. The number of carbonyl (C=O) groups is 2. The quantitative estimate of drug-likeness (QED) is 0.241. The van der Waals surface area contributed by atoms with E-state index >= 15 is 0 Å². The smallest absolute Gasteiger partial charge is 0.314 e. The van der Waals surface area contributed by atoms with Crippen LogP contribution in [0.2, 0.25) is 0 Å². The standard InChI is InChI=1S/C29H30O5/c1-6-19(3)28(30)33-26-16-17-27(34-29(31)20(4)7-2)25-18-22(12-15-24(25)26)9-8-21-10-13-23(32-5)14-11-21/h10-20H,6-7H2,1-5H3. The summed E-state index contributed by atoms with van der Waals surface area (Å²) in [5.74, 6) is 6.86. The van der Waals surface area contributed by atoms with E-state index in [2.05, 4.69) is 11.8 Å². The van der Waals surface area contributed by atoms with Gasteiger partial charge in [-0.3, -0.25) is 9.59 Å². The molecule has 2 atom stereocenters. The van der Waals surface area contributed by atoms with Gasteiger partial charge in [0, 0.05) is 21.9 Å². The molecule has 3 aromatic carbocycles. The first kappa shape index (κ1) is 24.9. The van der Waals surface area contributed by atoms with Crippen molar-refractivity contribution in [2.75, 3.05) is 7.11 Å². The second-order valence-electron chi connectivity index (χ2n) is 8.26. The molecule has 0 radical (unpaired) electrons. The topological polar surface area (TPSA) is 61.8 Å². The highest BCUT2D eigenvalue weighted by Crippen LogP contribution is 2.35. The van der Waals surface area contributed by atoms with E-state index < -0.39 is 0 Å². The minimum absolute atomic E-state index is 0.215. The molecule has 0 aliphatic carbocycles. The third kappa shape index (κ3) is 5.96. The highest BCUT2D eigenvalue weighted by atomic mass is 16.5. The first-order valence-corrected chi connectivity index (χ1v) is 11.5. The summed E-state index contributed by atoms with van der Waals surface area (Å²) in [6, 6.07) is 16.4. The van der Waals surface area contributed by atoms with Crippen LogP contribution in [0.25, 0.3) is 10.8 Å². The fourth-order valence-corrected chi connectivity index (χ4v) is 3.12. The number of rotatable bonds is 7. The predicted octanol–water partition coefficient (Wildman–Crippen LogP) is 6.15. The van der Waals surface area contributed by atoms with Crippen LogP contribution >= 0.6 is 0 Å². The third-order valence-electron chi connectivity index (χ3n) is 5.83. The van der Waals surface area contributed by atoms with E-state index in [9.17, 15) is 9.59 Å². The molecular formula is C29H30O5. The van der Waals surface area contributed by atoms with E-state index in [1.165, 1.54) is 0 Å². The molecule has 0 fully saturated rings. The zero-order chi connectivity index (χ0) is 24.7. The Kier molecular flexibility index (Phi) is 8.32. The first-order valence-electron chi connectivity index (χ1n) is 11.5. The van der Waals surface area contributed by atoms with Crippen LogP contribution in [-0.2, 0) is 9.59 Å². The molecule has 3 aromatic rings. The summed E-state index contributed by atoms with van der Waals surface area (Å²) < 4.78 is 16.6. The van der Waals surface area contributed by atoms with Crippen molar-refractivity contribution in [3.63, 3.8) is 0 Å². The highest BCUT2D eigenvalue weighted by Gasteiger charge is 2.19. The SMILES string of the molecule is CCC(C)C(=O)Oc1ccc(OC(=O)C(C)CC)c2cc(C#Cc3ccc(OC)cc3)ccc12. The van der Waals surface area contributed by atoms with Gasteiger partial charge in [-0.25, -0.2) is 0 Å². The van der Waals surface area contributed by atoms with Crippen LogP contribution in [0.4, 0.5) is 0 Å². The molecule has 0 bridgehead atoms. The normalized spacial score (nSPS) is 12.3. The van der Waals surface area contributed by atoms with Crippen molar-refractivity contribution in [3.05, 3.63) is 65.7 Å². The van der Waals surface area contributed by atoms with Crippen LogP contribution in [0.15, 0.2) is 54.6 Å². The van der Waals surface area contributed by atoms with Crippen LogP contribution < -0.4 is 14.2 Å². The molecule has 0 saturated carbocycles. The first-order chi connectivity index (χ1) is 16.4. The van der Waals surface area contributed by atoms with Gasteiger partial charge in [-0.1, -0.05) is 39.5 Å². The van der Waals surface area contributed by atoms with Gasteiger partial charge in [-0.2, -0.15) is 0 Å². The van der Waals surface area contributed by atoms with E-state index in [0.29, 0.717) is 35.1 Å². The number of hydrogen-bond acceptors (Lipinski definition) is 5. The maximum atomic E-state index is 12.5. The Morgan fingerprint density at radius 1 is 0.735 bits per heavy atom. The minimum atomic E-state index is -0.303. The van der Waals surface area contributed by atoms with Crippen molar-refractivity contribution in [1.82, 2.24) is 0 Å². The van der Waals surface area contributed by atoms with E-state index in [0.717, 1.165) is 16.9 Å². The van der Waals surface area contributed by atoms with Gasteiger partial charge >= 0.3 is 11.9 Å². The lowest BCUT2D eigenvalue weighted by atomic mass is 10.0. The van der Waals surface area contributed by atoms with Crippen LogP contribution in [-0.4, -0.2) is 19.0 Å². The van der Waals surface area contributed by atoms with Crippen molar-refractivity contribution in [3.8, 4) is 29.1 Å². The minimum Gasteiger partial charge on any atom is -0.497 e. The van der Waals surface area contributed by atoms with Gasteiger partial charge in [0.15, 0.2) is 0 Å². The highest BCUT2D eigenvalue weighted by molar-refractivity contribution is 5.97. The van der Waals surface area contributed by atoms with E-state index in [1.807, 2.05) is 70.2 Å². The van der Waals surface area contributed by atoms with Gasteiger partial charge in [-0.15, -0.1) is 0 Å². The van der Waals surface area contributed by atoms with Crippen molar-refractivity contribution in [1.29, 1.82) is 0 Å². The number of benzene rings is 3. The Morgan fingerprint density at radius 3 is 1.76 bits per heavy atom. The summed E-state index contributed by atoms with van der Waals surface area (Å²) >= 11 is 0.